The number of carbonyl (C=O) groups is 1. The van der Waals surface area contributed by atoms with E-state index < -0.39 is 5.97 Å². The lowest BCUT2D eigenvalue weighted by Crippen LogP contribution is -2.05. The van der Waals surface area contributed by atoms with E-state index in [4.69, 9.17) is 14.2 Å². The SMILES string of the molecule is COc1cc(/C=N\Nc2nc3ccccc3s2)cc(OC)c1OC(C)=O. The summed E-state index contributed by atoms with van der Waals surface area (Å²) < 4.78 is 16.8. The Kier molecular flexibility index (Phi) is 5.33. The Hall–Kier alpha value is -3.13. The molecule has 0 fully saturated rings. The number of hydrazone groups is 1. The molecule has 1 N–H and O–H groups in total. The maximum Gasteiger partial charge on any atom is 0.308 e. The number of anilines is 1. The lowest BCUT2D eigenvalue weighted by atomic mass is 10.2. The summed E-state index contributed by atoms with van der Waals surface area (Å²) in [5, 5.41) is 4.90. The third-order valence-corrected chi connectivity index (χ3v) is 4.34. The second-order valence-corrected chi connectivity index (χ2v) is 6.24. The molecule has 3 aromatic rings. The van der Waals surface area contributed by atoms with Gasteiger partial charge in [-0.1, -0.05) is 23.5 Å². The fourth-order valence-electron chi connectivity index (χ4n) is 2.30. The lowest BCUT2D eigenvalue weighted by Gasteiger charge is -2.13. The van der Waals surface area contributed by atoms with E-state index in [1.807, 2.05) is 24.3 Å². The van der Waals surface area contributed by atoms with Gasteiger partial charge in [0.05, 0.1) is 30.7 Å². The molecule has 0 aliphatic carbocycles. The van der Waals surface area contributed by atoms with Crippen LogP contribution in [0.3, 0.4) is 0 Å². The van der Waals surface area contributed by atoms with Crippen LogP contribution in [0, 0.1) is 0 Å². The molecular weight excluding hydrogens is 354 g/mol. The number of benzene rings is 2. The Morgan fingerprint density at radius 2 is 1.88 bits per heavy atom. The van der Waals surface area contributed by atoms with Gasteiger partial charge in [-0.05, 0) is 24.3 Å². The van der Waals surface area contributed by atoms with Gasteiger partial charge < -0.3 is 14.2 Å². The zero-order valence-electron chi connectivity index (χ0n) is 14.5. The Morgan fingerprint density at radius 3 is 2.50 bits per heavy atom. The molecule has 0 bridgehead atoms. The normalized spacial score (nSPS) is 10.9. The summed E-state index contributed by atoms with van der Waals surface area (Å²) in [4.78, 5) is 15.7. The van der Waals surface area contributed by atoms with Gasteiger partial charge in [0.2, 0.25) is 10.9 Å². The van der Waals surface area contributed by atoms with Gasteiger partial charge in [0.1, 0.15) is 0 Å². The van der Waals surface area contributed by atoms with Crippen molar-refractivity contribution in [3.63, 3.8) is 0 Å². The number of thiazole rings is 1. The predicted molar refractivity (Wildman–Crippen MR) is 102 cm³/mol. The van der Waals surface area contributed by atoms with Crippen molar-refractivity contribution >= 4 is 38.9 Å². The van der Waals surface area contributed by atoms with Crippen molar-refractivity contribution in [3.8, 4) is 17.2 Å². The minimum atomic E-state index is -0.458. The minimum Gasteiger partial charge on any atom is -0.493 e. The van der Waals surface area contributed by atoms with Crippen molar-refractivity contribution in [1.29, 1.82) is 0 Å². The quantitative estimate of drug-likeness (QED) is 0.308. The van der Waals surface area contributed by atoms with Gasteiger partial charge in [0, 0.05) is 12.5 Å². The highest BCUT2D eigenvalue weighted by Crippen LogP contribution is 2.38. The summed E-state index contributed by atoms with van der Waals surface area (Å²) >= 11 is 1.51. The third kappa shape index (κ3) is 3.92. The third-order valence-electron chi connectivity index (χ3n) is 3.40. The maximum absolute atomic E-state index is 11.3. The molecule has 0 amide bonds. The molecule has 26 heavy (non-hydrogen) atoms. The summed E-state index contributed by atoms with van der Waals surface area (Å²) in [5.74, 6) is 0.529. The van der Waals surface area contributed by atoms with Crippen molar-refractivity contribution in [2.75, 3.05) is 19.6 Å². The van der Waals surface area contributed by atoms with E-state index in [0.717, 1.165) is 10.2 Å². The van der Waals surface area contributed by atoms with E-state index in [-0.39, 0.29) is 5.75 Å². The number of ether oxygens (including phenoxy) is 3. The van der Waals surface area contributed by atoms with Gasteiger partial charge in [0.15, 0.2) is 11.5 Å². The Balaban J connectivity index is 1.82. The Bertz CT molecular complexity index is 910. The second-order valence-electron chi connectivity index (χ2n) is 5.20. The predicted octanol–water partition coefficient (Wildman–Crippen LogP) is 3.68. The first kappa shape index (κ1) is 17.7. The van der Waals surface area contributed by atoms with Crippen molar-refractivity contribution in [1.82, 2.24) is 4.98 Å². The minimum absolute atomic E-state index is 0.235. The number of methoxy groups -OCH3 is 2. The largest absolute Gasteiger partial charge is 0.493 e. The van der Waals surface area contributed by atoms with E-state index in [2.05, 4.69) is 15.5 Å². The molecule has 134 valence electrons. The maximum atomic E-state index is 11.3. The van der Waals surface area contributed by atoms with E-state index in [9.17, 15) is 4.79 Å². The van der Waals surface area contributed by atoms with Crippen LogP contribution in [0.15, 0.2) is 41.5 Å². The molecule has 0 radical (unpaired) electrons. The van der Waals surface area contributed by atoms with Crippen molar-refractivity contribution in [2.45, 2.75) is 6.92 Å². The first-order valence-electron chi connectivity index (χ1n) is 7.70. The summed E-state index contributed by atoms with van der Waals surface area (Å²) in [5.41, 5.74) is 4.55. The highest BCUT2D eigenvalue weighted by molar-refractivity contribution is 7.22. The number of para-hydroxylation sites is 1. The fourth-order valence-corrected chi connectivity index (χ4v) is 3.12. The number of nitrogens with zero attached hydrogens (tertiary/aromatic N) is 2. The van der Waals surface area contributed by atoms with E-state index >= 15 is 0 Å². The number of rotatable bonds is 6. The molecule has 8 heteroatoms. The standard InChI is InChI=1S/C18H17N3O4S/c1-11(22)25-17-14(23-2)8-12(9-15(17)24-3)10-19-21-18-20-13-6-4-5-7-16(13)26-18/h4-10H,1-3H3,(H,20,21)/b19-10-. The van der Waals surface area contributed by atoms with Crippen LogP contribution < -0.4 is 19.6 Å². The number of fused-ring (bicyclic) bond motifs is 1. The molecule has 0 aliphatic rings. The number of carbonyl (C=O) groups excluding carboxylic acids is 1. The molecule has 1 heterocycles. The van der Waals surface area contributed by atoms with Crippen LogP contribution in [-0.4, -0.2) is 31.4 Å². The highest BCUT2D eigenvalue weighted by Gasteiger charge is 2.15. The molecule has 0 spiro atoms. The number of hydrogen-bond acceptors (Lipinski definition) is 8. The van der Waals surface area contributed by atoms with E-state index in [1.54, 1.807) is 18.3 Å². The van der Waals surface area contributed by atoms with Gasteiger partial charge >= 0.3 is 5.97 Å². The van der Waals surface area contributed by atoms with Crippen molar-refractivity contribution in [3.05, 3.63) is 42.0 Å². The van der Waals surface area contributed by atoms with Gasteiger partial charge in [-0.3, -0.25) is 10.2 Å². The molecule has 0 saturated heterocycles. The summed E-state index contributed by atoms with van der Waals surface area (Å²) in [6.07, 6.45) is 1.61. The molecule has 2 aromatic carbocycles. The van der Waals surface area contributed by atoms with Crippen molar-refractivity contribution in [2.24, 2.45) is 5.10 Å². The van der Waals surface area contributed by atoms with Crippen molar-refractivity contribution < 1.29 is 19.0 Å². The average molecular weight is 371 g/mol. The molecule has 0 atom stereocenters. The number of aromatic nitrogens is 1. The topological polar surface area (TPSA) is 82.0 Å². The molecule has 0 aliphatic heterocycles. The first-order chi connectivity index (χ1) is 12.6. The van der Waals surface area contributed by atoms with Crippen LogP contribution in [0.25, 0.3) is 10.2 Å². The lowest BCUT2D eigenvalue weighted by molar-refractivity contribution is -0.132. The Morgan fingerprint density at radius 1 is 1.19 bits per heavy atom. The van der Waals surface area contributed by atoms with Crippen LogP contribution in [0.5, 0.6) is 17.2 Å². The summed E-state index contributed by atoms with van der Waals surface area (Å²) in [6, 6.07) is 11.3. The van der Waals surface area contributed by atoms with Gasteiger partial charge in [-0.15, -0.1) is 0 Å². The summed E-state index contributed by atoms with van der Waals surface area (Å²) in [7, 11) is 2.98. The molecule has 7 nitrogen and oxygen atoms in total. The molecular formula is C18H17N3O4S. The van der Waals surface area contributed by atoms with Gasteiger partial charge in [0.25, 0.3) is 0 Å². The average Bonchev–Trinajstić information content (AvgIpc) is 3.04. The second kappa shape index (κ2) is 7.83. The smallest absolute Gasteiger partial charge is 0.308 e. The molecule has 1 aromatic heterocycles. The number of hydrogen-bond donors (Lipinski definition) is 1. The Labute approximate surface area is 154 Å². The van der Waals surface area contributed by atoms with Gasteiger partial charge in [-0.25, -0.2) is 4.98 Å². The molecule has 3 rings (SSSR count). The summed E-state index contributed by atoms with van der Waals surface area (Å²) in [6.45, 7) is 1.32. The zero-order valence-corrected chi connectivity index (χ0v) is 15.3. The van der Waals surface area contributed by atoms with Crippen LogP contribution in [0.4, 0.5) is 5.13 Å². The van der Waals surface area contributed by atoms with Crippen LogP contribution >= 0.6 is 11.3 Å². The van der Waals surface area contributed by atoms with Crippen LogP contribution in [0.1, 0.15) is 12.5 Å². The van der Waals surface area contributed by atoms with Crippen LogP contribution in [-0.2, 0) is 4.79 Å². The molecule has 0 saturated carbocycles. The molecule has 0 unspecified atom stereocenters. The van der Waals surface area contributed by atoms with Gasteiger partial charge in [-0.2, -0.15) is 5.10 Å². The number of esters is 1. The fraction of sp³-hybridized carbons (Fsp3) is 0.167. The van der Waals surface area contributed by atoms with E-state index in [1.165, 1.54) is 32.5 Å². The van der Waals surface area contributed by atoms with E-state index in [0.29, 0.717) is 22.2 Å². The highest BCUT2D eigenvalue weighted by atomic mass is 32.1. The first-order valence-corrected chi connectivity index (χ1v) is 8.51. The number of nitrogens with one attached hydrogen (secondary N) is 1. The van der Waals surface area contributed by atoms with Crippen LogP contribution in [0.2, 0.25) is 0 Å². The monoisotopic (exact) mass is 371 g/mol. The zero-order chi connectivity index (χ0) is 18.5.